The van der Waals surface area contributed by atoms with Crippen molar-refractivity contribution in [1.29, 1.82) is 0 Å². The quantitative estimate of drug-likeness (QED) is 0.685. The van der Waals surface area contributed by atoms with E-state index in [1.165, 1.54) is 6.39 Å². The van der Waals surface area contributed by atoms with E-state index in [0.717, 1.165) is 0 Å². The van der Waals surface area contributed by atoms with Crippen molar-refractivity contribution >= 4 is 5.95 Å². The highest BCUT2D eigenvalue weighted by molar-refractivity contribution is 5.20. The third kappa shape index (κ3) is 1.84. The molecule has 0 bridgehead atoms. The SMILES string of the molecule is Cn1nnnc1NCCc1ncon1. The fourth-order valence-corrected chi connectivity index (χ4v) is 0.968. The minimum Gasteiger partial charge on any atom is -0.353 e. The van der Waals surface area contributed by atoms with Gasteiger partial charge in [-0.1, -0.05) is 10.3 Å². The number of tetrazole rings is 1. The summed E-state index contributed by atoms with van der Waals surface area (Å²) in [5.41, 5.74) is 0. The van der Waals surface area contributed by atoms with Crippen LogP contribution in [0.1, 0.15) is 5.82 Å². The smallest absolute Gasteiger partial charge is 0.242 e. The van der Waals surface area contributed by atoms with Gasteiger partial charge in [0.15, 0.2) is 5.82 Å². The third-order valence-electron chi connectivity index (χ3n) is 1.66. The molecule has 8 heteroatoms. The zero-order chi connectivity index (χ0) is 9.80. The van der Waals surface area contributed by atoms with Crippen molar-refractivity contribution in [3.8, 4) is 0 Å². The number of nitrogens with zero attached hydrogens (tertiary/aromatic N) is 6. The van der Waals surface area contributed by atoms with Crippen LogP contribution in [0.5, 0.6) is 0 Å². The van der Waals surface area contributed by atoms with E-state index in [1.54, 1.807) is 11.7 Å². The molecule has 0 spiro atoms. The van der Waals surface area contributed by atoms with Crippen LogP contribution < -0.4 is 5.32 Å². The molecule has 0 saturated carbocycles. The molecule has 0 aliphatic rings. The van der Waals surface area contributed by atoms with Gasteiger partial charge in [0, 0.05) is 20.0 Å². The molecule has 0 saturated heterocycles. The van der Waals surface area contributed by atoms with Crippen LogP contribution in [0.15, 0.2) is 10.9 Å². The van der Waals surface area contributed by atoms with E-state index < -0.39 is 0 Å². The zero-order valence-corrected chi connectivity index (χ0v) is 7.58. The number of nitrogens with one attached hydrogen (secondary N) is 1. The summed E-state index contributed by atoms with van der Waals surface area (Å²) in [6.45, 7) is 0.660. The molecule has 2 aromatic rings. The van der Waals surface area contributed by atoms with Gasteiger partial charge in [0.25, 0.3) is 0 Å². The van der Waals surface area contributed by atoms with Crippen molar-refractivity contribution in [3.63, 3.8) is 0 Å². The molecule has 1 N–H and O–H groups in total. The Morgan fingerprint density at radius 2 is 2.50 bits per heavy atom. The van der Waals surface area contributed by atoms with Crippen molar-refractivity contribution in [3.05, 3.63) is 12.2 Å². The Bertz CT molecular complexity index is 381. The first-order valence-corrected chi connectivity index (χ1v) is 4.08. The topological polar surface area (TPSA) is 94.6 Å². The van der Waals surface area contributed by atoms with Crippen LogP contribution in [-0.2, 0) is 13.5 Å². The van der Waals surface area contributed by atoms with Crippen molar-refractivity contribution in [1.82, 2.24) is 30.3 Å². The molecule has 74 valence electrons. The lowest BCUT2D eigenvalue weighted by atomic mass is 10.4. The van der Waals surface area contributed by atoms with Gasteiger partial charge < -0.3 is 9.84 Å². The molecule has 0 aliphatic heterocycles. The number of aromatic nitrogens is 6. The number of rotatable bonds is 4. The Balaban J connectivity index is 1.81. The van der Waals surface area contributed by atoms with Gasteiger partial charge in [0.1, 0.15) is 0 Å². The molecule has 0 fully saturated rings. The second-order valence-corrected chi connectivity index (χ2v) is 2.65. The summed E-state index contributed by atoms with van der Waals surface area (Å²) in [4.78, 5) is 3.88. The Morgan fingerprint density at radius 3 is 3.14 bits per heavy atom. The average molecular weight is 195 g/mol. The van der Waals surface area contributed by atoms with Crippen LogP contribution >= 0.6 is 0 Å². The predicted octanol–water partition coefficient (Wildman–Crippen LogP) is -0.752. The average Bonchev–Trinajstić information content (AvgIpc) is 2.78. The highest BCUT2D eigenvalue weighted by Gasteiger charge is 2.01. The Morgan fingerprint density at radius 1 is 1.57 bits per heavy atom. The Labute approximate surface area is 79.3 Å². The molecular weight excluding hydrogens is 186 g/mol. The fourth-order valence-electron chi connectivity index (χ4n) is 0.968. The van der Waals surface area contributed by atoms with E-state index in [9.17, 15) is 0 Å². The highest BCUT2D eigenvalue weighted by atomic mass is 16.5. The first-order valence-electron chi connectivity index (χ1n) is 4.08. The van der Waals surface area contributed by atoms with Crippen molar-refractivity contribution < 1.29 is 4.52 Å². The van der Waals surface area contributed by atoms with E-state index in [1.807, 2.05) is 0 Å². The molecule has 2 aromatic heterocycles. The first-order chi connectivity index (χ1) is 6.86. The molecule has 8 nitrogen and oxygen atoms in total. The van der Waals surface area contributed by atoms with Crippen molar-refractivity contribution in [2.75, 3.05) is 11.9 Å². The molecule has 0 aromatic carbocycles. The molecule has 2 rings (SSSR count). The molecule has 2 heterocycles. The predicted molar refractivity (Wildman–Crippen MR) is 45.3 cm³/mol. The number of hydrogen-bond acceptors (Lipinski definition) is 7. The highest BCUT2D eigenvalue weighted by Crippen LogP contribution is 1.96. The van der Waals surface area contributed by atoms with E-state index in [0.29, 0.717) is 24.7 Å². The van der Waals surface area contributed by atoms with Gasteiger partial charge in [-0.25, -0.2) is 4.68 Å². The van der Waals surface area contributed by atoms with E-state index in [-0.39, 0.29) is 0 Å². The summed E-state index contributed by atoms with van der Waals surface area (Å²) >= 11 is 0. The molecule has 0 unspecified atom stereocenters. The van der Waals surface area contributed by atoms with E-state index in [2.05, 4.69) is 35.5 Å². The van der Waals surface area contributed by atoms with Crippen LogP contribution in [0.3, 0.4) is 0 Å². The summed E-state index contributed by atoms with van der Waals surface area (Å²) in [6, 6.07) is 0. The van der Waals surface area contributed by atoms with Gasteiger partial charge in [0.2, 0.25) is 12.3 Å². The normalized spacial score (nSPS) is 10.4. The van der Waals surface area contributed by atoms with Crippen LogP contribution in [0.25, 0.3) is 0 Å². The molecule has 0 atom stereocenters. The summed E-state index contributed by atoms with van der Waals surface area (Å²) in [5, 5.41) is 17.6. The minimum atomic E-state index is 0.619. The van der Waals surface area contributed by atoms with Gasteiger partial charge in [-0.05, 0) is 10.4 Å². The molecule has 0 radical (unpaired) electrons. The van der Waals surface area contributed by atoms with Crippen LogP contribution in [0, 0.1) is 0 Å². The van der Waals surface area contributed by atoms with E-state index in [4.69, 9.17) is 0 Å². The monoisotopic (exact) mass is 195 g/mol. The van der Waals surface area contributed by atoms with Gasteiger partial charge >= 0.3 is 0 Å². The Kier molecular flexibility index (Phi) is 2.34. The molecule has 0 amide bonds. The lowest BCUT2D eigenvalue weighted by Gasteiger charge is -2.00. The molecular formula is C6H9N7O. The van der Waals surface area contributed by atoms with Gasteiger partial charge in [-0.15, -0.1) is 0 Å². The molecule has 14 heavy (non-hydrogen) atoms. The standard InChI is InChI=1S/C6H9N7O/c1-13-6(9-11-12-13)7-3-2-5-8-4-14-10-5/h4H,2-3H2,1H3,(H,7,9,12). The minimum absolute atomic E-state index is 0.619. The maximum Gasteiger partial charge on any atom is 0.242 e. The van der Waals surface area contributed by atoms with Gasteiger partial charge in [-0.3, -0.25) is 0 Å². The summed E-state index contributed by atoms with van der Waals surface area (Å²) in [6.07, 6.45) is 1.97. The number of hydrogen-bond donors (Lipinski definition) is 1. The second kappa shape index (κ2) is 3.81. The fraction of sp³-hybridized carbons (Fsp3) is 0.500. The maximum absolute atomic E-state index is 4.59. The lowest BCUT2D eigenvalue weighted by molar-refractivity contribution is 0.410. The van der Waals surface area contributed by atoms with E-state index >= 15 is 0 Å². The first kappa shape index (κ1) is 8.60. The van der Waals surface area contributed by atoms with Gasteiger partial charge in [0.05, 0.1) is 0 Å². The van der Waals surface area contributed by atoms with Crippen LogP contribution in [-0.4, -0.2) is 36.9 Å². The summed E-state index contributed by atoms with van der Waals surface area (Å²) in [5.74, 6) is 1.28. The van der Waals surface area contributed by atoms with Crippen LogP contribution in [0.4, 0.5) is 5.95 Å². The Hall–Kier alpha value is -1.99. The summed E-state index contributed by atoms with van der Waals surface area (Å²) in [7, 11) is 1.76. The summed E-state index contributed by atoms with van der Waals surface area (Å²) < 4.78 is 6.14. The van der Waals surface area contributed by atoms with Crippen LogP contribution in [0.2, 0.25) is 0 Å². The largest absolute Gasteiger partial charge is 0.353 e. The maximum atomic E-state index is 4.59. The number of anilines is 1. The second-order valence-electron chi connectivity index (χ2n) is 2.65. The van der Waals surface area contributed by atoms with Crippen molar-refractivity contribution in [2.24, 2.45) is 7.05 Å². The van der Waals surface area contributed by atoms with Gasteiger partial charge in [-0.2, -0.15) is 4.98 Å². The lowest BCUT2D eigenvalue weighted by Crippen LogP contribution is -2.10. The molecule has 0 aliphatic carbocycles. The zero-order valence-electron chi connectivity index (χ0n) is 7.58. The number of aryl methyl sites for hydroxylation is 1. The third-order valence-corrected chi connectivity index (χ3v) is 1.66. The van der Waals surface area contributed by atoms with Crippen molar-refractivity contribution in [2.45, 2.75) is 6.42 Å².